The van der Waals surface area contributed by atoms with Crippen LogP contribution in [-0.2, 0) is 6.54 Å². The highest BCUT2D eigenvalue weighted by molar-refractivity contribution is 7.98. The molecule has 1 aromatic heterocycles. The van der Waals surface area contributed by atoms with E-state index in [1.165, 1.54) is 4.57 Å². The Morgan fingerprint density at radius 3 is 2.68 bits per heavy atom. The Balaban J connectivity index is 2.02. The summed E-state index contributed by atoms with van der Waals surface area (Å²) in [6.45, 7) is 2.17. The summed E-state index contributed by atoms with van der Waals surface area (Å²) in [5.41, 5.74) is 0.888. The minimum atomic E-state index is -0.695. The van der Waals surface area contributed by atoms with E-state index in [4.69, 9.17) is 0 Å². The number of nitrogens with one attached hydrogen (secondary N) is 2. The van der Waals surface area contributed by atoms with Crippen LogP contribution in [0.1, 0.15) is 17.3 Å². The number of aromatic amines is 1. The topological polar surface area (TPSA) is 84.0 Å². The number of hydrogen-bond acceptors (Lipinski definition) is 4. The van der Waals surface area contributed by atoms with Gasteiger partial charge in [0.1, 0.15) is 0 Å². The van der Waals surface area contributed by atoms with Gasteiger partial charge in [-0.15, -0.1) is 11.8 Å². The van der Waals surface area contributed by atoms with Crippen molar-refractivity contribution in [3.63, 3.8) is 0 Å². The molecule has 0 saturated carbocycles. The molecule has 0 aliphatic rings. The van der Waals surface area contributed by atoms with E-state index in [9.17, 15) is 14.4 Å². The van der Waals surface area contributed by atoms with Gasteiger partial charge in [-0.2, -0.15) is 0 Å². The number of carbonyl (C=O) groups excluding carboxylic acids is 1. The summed E-state index contributed by atoms with van der Waals surface area (Å²) in [6.07, 6.45) is 1.94. The first-order valence-corrected chi connectivity index (χ1v) is 8.99. The highest BCUT2D eigenvalue weighted by Crippen LogP contribution is 2.25. The molecule has 0 aliphatic carbocycles. The van der Waals surface area contributed by atoms with Crippen molar-refractivity contribution in [3.05, 3.63) is 68.7 Å². The van der Waals surface area contributed by atoms with Crippen LogP contribution in [0.5, 0.6) is 0 Å². The van der Waals surface area contributed by atoms with Crippen LogP contribution in [-0.4, -0.2) is 21.7 Å². The molecule has 0 atom stereocenters. The second-order valence-electron chi connectivity index (χ2n) is 5.39. The summed E-state index contributed by atoms with van der Waals surface area (Å²) in [4.78, 5) is 39.7. The van der Waals surface area contributed by atoms with E-state index in [0.717, 1.165) is 10.6 Å². The summed E-state index contributed by atoms with van der Waals surface area (Å²) < 4.78 is 1.39. The molecule has 6 nitrogen and oxygen atoms in total. The molecule has 7 heteroatoms. The van der Waals surface area contributed by atoms with Gasteiger partial charge >= 0.3 is 11.1 Å². The average molecular weight is 355 g/mol. The number of amides is 1. The zero-order valence-electron chi connectivity index (χ0n) is 13.8. The molecule has 0 unspecified atom stereocenters. The summed E-state index contributed by atoms with van der Waals surface area (Å²) >= 11 is 1.54. The first kappa shape index (κ1) is 17.0. The second-order valence-corrected chi connectivity index (χ2v) is 6.24. The minimum Gasteiger partial charge on any atom is -0.321 e. The lowest BCUT2D eigenvalue weighted by Gasteiger charge is -2.11. The summed E-state index contributed by atoms with van der Waals surface area (Å²) in [7, 11) is 0. The SMILES string of the molecule is CCn1c(=O)c(=O)[nH]c2cc(C(=O)Nc3ccccc3SC)ccc21. The van der Waals surface area contributed by atoms with Gasteiger partial charge in [-0.1, -0.05) is 12.1 Å². The lowest BCUT2D eigenvalue weighted by Crippen LogP contribution is -2.36. The quantitative estimate of drug-likeness (QED) is 0.557. The molecule has 0 bridgehead atoms. The maximum absolute atomic E-state index is 12.6. The fourth-order valence-electron chi connectivity index (χ4n) is 2.68. The molecule has 25 heavy (non-hydrogen) atoms. The molecule has 2 N–H and O–H groups in total. The van der Waals surface area contributed by atoms with Crippen LogP contribution in [0.4, 0.5) is 5.69 Å². The Morgan fingerprint density at radius 1 is 1.20 bits per heavy atom. The first-order chi connectivity index (χ1) is 12.0. The van der Waals surface area contributed by atoms with Gasteiger partial charge in [0.2, 0.25) is 0 Å². The Kier molecular flexibility index (Phi) is 4.76. The highest BCUT2D eigenvalue weighted by Gasteiger charge is 2.12. The third-order valence-corrected chi connectivity index (χ3v) is 4.70. The van der Waals surface area contributed by atoms with Gasteiger partial charge in [-0.3, -0.25) is 14.4 Å². The Labute approximate surface area is 147 Å². The Morgan fingerprint density at radius 2 is 1.96 bits per heavy atom. The Hall–Kier alpha value is -2.80. The third kappa shape index (κ3) is 3.23. The van der Waals surface area contributed by atoms with Gasteiger partial charge in [-0.05, 0) is 43.5 Å². The van der Waals surface area contributed by atoms with Crippen LogP contribution in [0.25, 0.3) is 11.0 Å². The van der Waals surface area contributed by atoms with Crippen LogP contribution in [0, 0.1) is 0 Å². The number of hydrogen-bond donors (Lipinski definition) is 2. The number of benzene rings is 2. The van der Waals surface area contributed by atoms with Crippen molar-refractivity contribution in [1.82, 2.24) is 9.55 Å². The van der Waals surface area contributed by atoms with Gasteiger partial charge in [0, 0.05) is 17.0 Å². The number of para-hydroxylation sites is 1. The van der Waals surface area contributed by atoms with Crippen LogP contribution in [0.3, 0.4) is 0 Å². The number of anilines is 1. The second kappa shape index (κ2) is 6.98. The maximum atomic E-state index is 12.6. The van der Waals surface area contributed by atoms with E-state index in [-0.39, 0.29) is 5.91 Å². The predicted molar refractivity (Wildman–Crippen MR) is 101 cm³/mol. The van der Waals surface area contributed by atoms with Gasteiger partial charge in [-0.25, -0.2) is 0 Å². The molecule has 128 valence electrons. The molecule has 0 radical (unpaired) electrons. The maximum Gasteiger partial charge on any atom is 0.316 e. The molecule has 2 aromatic carbocycles. The molecule has 0 spiro atoms. The molecule has 1 amide bonds. The molecule has 0 aliphatic heterocycles. The summed E-state index contributed by atoms with van der Waals surface area (Å²) in [6, 6.07) is 12.4. The molecule has 0 fully saturated rings. The van der Waals surface area contributed by atoms with Gasteiger partial charge in [0.25, 0.3) is 5.91 Å². The zero-order valence-corrected chi connectivity index (χ0v) is 14.6. The van der Waals surface area contributed by atoms with Crippen LogP contribution in [0.2, 0.25) is 0 Å². The first-order valence-electron chi connectivity index (χ1n) is 7.76. The van der Waals surface area contributed by atoms with Crippen molar-refractivity contribution in [2.45, 2.75) is 18.4 Å². The summed E-state index contributed by atoms with van der Waals surface area (Å²) in [5, 5.41) is 2.88. The number of aromatic nitrogens is 2. The highest BCUT2D eigenvalue weighted by atomic mass is 32.2. The number of thioether (sulfide) groups is 1. The fourth-order valence-corrected chi connectivity index (χ4v) is 3.23. The van der Waals surface area contributed by atoms with E-state index in [1.807, 2.05) is 30.5 Å². The van der Waals surface area contributed by atoms with E-state index < -0.39 is 11.1 Å². The number of fused-ring (bicyclic) bond motifs is 1. The molecule has 0 saturated heterocycles. The minimum absolute atomic E-state index is 0.279. The van der Waals surface area contributed by atoms with Crippen molar-refractivity contribution >= 4 is 34.4 Å². The number of nitrogens with zero attached hydrogens (tertiary/aromatic N) is 1. The molecule has 3 rings (SSSR count). The molecular formula is C18H17N3O3S. The lowest BCUT2D eigenvalue weighted by atomic mass is 10.1. The van der Waals surface area contributed by atoms with Gasteiger partial charge in [0.15, 0.2) is 0 Å². The van der Waals surface area contributed by atoms with Crippen molar-refractivity contribution < 1.29 is 4.79 Å². The largest absolute Gasteiger partial charge is 0.321 e. The van der Waals surface area contributed by atoms with Crippen LogP contribution >= 0.6 is 11.8 Å². The molecule has 3 aromatic rings. The lowest BCUT2D eigenvalue weighted by molar-refractivity contribution is 0.102. The van der Waals surface area contributed by atoms with Crippen molar-refractivity contribution in [3.8, 4) is 0 Å². The van der Waals surface area contributed by atoms with Crippen LogP contribution in [0.15, 0.2) is 56.9 Å². The van der Waals surface area contributed by atoms with Gasteiger partial charge < -0.3 is 14.9 Å². The Bertz CT molecular complexity index is 1070. The number of rotatable bonds is 4. The van der Waals surface area contributed by atoms with E-state index in [0.29, 0.717) is 23.1 Å². The third-order valence-electron chi connectivity index (χ3n) is 3.91. The van der Waals surface area contributed by atoms with Crippen LogP contribution < -0.4 is 16.4 Å². The zero-order chi connectivity index (χ0) is 18.0. The van der Waals surface area contributed by atoms with Gasteiger partial charge in [0.05, 0.1) is 16.7 Å². The monoisotopic (exact) mass is 355 g/mol. The summed E-state index contributed by atoms with van der Waals surface area (Å²) in [5.74, 6) is -0.279. The average Bonchev–Trinajstić information content (AvgIpc) is 2.63. The normalized spacial score (nSPS) is 10.8. The molecule has 1 heterocycles. The fraction of sp³-hybridized carbons (Fsp3) is 0.167. The molecular weight excluding hydrogens is 338 g/mol. The van der Waals surface area contributed by atoms with Crippen molar-refractivity contribution in [1.29, 1.82) is 0 Å². The number of aryl methyl sites for hydroxylation is 1. The van der Waals surface area contributed by atoms with E-state index >= 15 is 0 Å². The standard InChI is InChI=1S/C18H17N3O3S/c1-3-21-14-9-8-11(10-13(14)20-17(23)18(21)24)16(22)19-12-6-4-5-7-15(12)25-2/h4-10H,3H2,1-2H3,(H,19,22)(H,20,23). The number of H-pyrrole nitrogens is 1. The van der Waals surface area contributed by atoms with Crippen molar-refractivity contribution in [2.75, 3.05) is 11.6 Å². The smallest absolute Gasteiger partial charge is 0.316 e. The number of carbonyl (C=O) groups is 1. The van der Waals surface area contributed by atoms with E-state index in [2.05, 4.69) is 10.3 Å². The van der Waals surface area contributed by atoms with Crippen molar-refractivity contribution in [2.24, 2.45) is 0 Å². The van der Waals surface area contributed by atoms with E-state index in [1.54, 1.807) is 36.9 Å². The predicted octanol–water partition coefficient (Wildman–Crippen LogP) is 2.68.